The van der Waals surface area contributed by atoms with Gasteiger partial charge >= 0.3 is 0 Å². The lowest BCUT2D eigenvalue weighted by Crippen LogP contribution is -1.80. The number of nitrogen functional groups attached to an aromatic ring is 1. The van der Waals surface area contributed by atoms with Crippen LogP contribution in [0.15, 0.2) is 0 Å². The minimum Gasteiger partial charge on any atom is -0.375 e. The first-order valence-corrected chi connectivity index (χ1v) is 3.98. The van der Waals surface area contributed by atoms with Gasteiger partial charge in [0.15, 0.2) is 5.13 Å². The molecule has 0 fully saturated rings. The van der Waals surface area contributed by atoms with Crippen molar-refractivity contribution in [3.05, 3.63) is 8.58 Å². The number of rotatable bonds is 0. The summed E-state index contributed by atoms with van der Waals surface area (Å²) < 4.78 is 1.18. The normalized spacial score (nSPS) is 9.75. The molecule has 0 unspecified atom stereocenters. The third-order valence-electron chi connectivity index (χ3n) is 0.757. The summed E-state index contributed by atoms with van der Waals surface area (Å²) in [5, 5.41) is 0.659. The quantitative estimate of drug-likeness (QED) is 0.700. The summed E-state index contributed by atoms with van der Waals surface area (Å²) in [6, 6.07) is 0. The molecule has 1 aromatic rings. The maximum absolute atomic E-state index is 5.38. The lowest BCUT2D eigenvalue weighted by atomic mass is 10.6. The summed E-state index contributed by atoms with van der Waals surface area (Å²) in [7, 11) is 0. The zero-order chi connectivity index (χ0) is 6.15. The Morgan fingerprint density at radius 2 is 2.38 bits per heavy atom. The Labute approximate surface area is 65.3 Å². The molecule has 0 amide bonds. The molecule has 0 aliphatic rings. The van der Waals surface area contributed by atoms with E-state index >= 15 is 0 Å². The Morgan fingerprint density at radius 3 is 2.50 bits per heavy atom. The van der Waals surface area contributed by atoms with Gasteiger partial charge in [0.05, 0.1) is 8.58 Å². The van der Waals surface area contributed by atoms with Gasteiger partial charge in [-0.25, -0.2) is 4.98 Å². The second-order valence-corrected chi connectivity index (χ2v) is 4.25. The Hall–Kier alpha value is 0.160. The molecule has 1 heterocycles. The Bertz CT molecular complexity index is 176. The summed E-state index contributed by atoms with van der Waals surface area (Å²) in [6.45, 7) is 1.95. The predicted octanol–water partition coefficient (Wildman–Crippen LogP) is 1.64. The number of thiazole rings is 1. The average Bonchev–Trinajstić information content (AvgIpc) is 1.85. The number of aryl methyl sites for hydroxylation is 1. The third-order valence-corrected chi connectivity index (χ3v) is 2.97. The molecule has 0 aromatic carbocycles. The number of halogens is 1. The van der Waals surface area contributed by atoms with E-state index in [2.05, 4.69) is 27.6 Å². The van der Waals surface area contributed by atoms with Gasteiger partial charge in [0.1, 0.15) is 0 Å². The number of nitrogens with zero attached hydrogens (tertiary/aromatic N) is 1. The molecule has 2 nitrogen and oxygen atoms in total. The molecule has 4 heteroatoms. The molecule has 0 aliphatic heterocycles. The van der Waals surface area contributed by atoms with E-state index in [4.69, 9.17) is 5.73 Å². The van der Waals surface area contributed by atoms with Gasteiger partial charge in [0.25, 0.3) is 0 Å². The molecule has 44 valence electrons. The zero-order valence-electron chi connectivity index (χ0n) is 4.31. The highest BCUT2D eigenvalue weighted by atomic mass is 127. The third kappa shape index (κ3) is 1.11. The number of nitrogens with two attached hydrogens (primary N) is 1. The molecule has 1 rings (SSSR count). The van der Waals surface area contributed by atoms with E-state index in [1.165, 1.54) is 14.2 Å². The second-order valence-electron chi connectivity index (χ2n) is 1.41. The molecule has 8 heavy (non-hydrogen) atoms. The van der Waals surface area contributed by atoms with Crippen molar-refractivity contribution in [2.24, 2.45) is 0 Å². The van der Waals surface area contributed by atoms with E-state index in [0.29, 0.717) is 5.13 Å². The van der Waals surface area contributed by atoms with Gasteiger partial charge in [-0.05, 0) is 29.5 Å². The minimum absolute atomic E-state index is 0.659. The van der Waals surface area contributed by atoms with E-state index in [0.717, 1.165) is 5.69 Å². The van der Waals surface area contributed by atoms with Gasteiger partial charge in [0.2, 0.25) is 0 Å². The van der Waals surface area contributed by atoms with Crippen LogP contribution in [0.5, 0.6) is 0 Å². The molecule has 0 aliphatic carbocycles. The van der Waals surface area contributed by atoms with E-state index < -0.39 is 0 Å². The average molecular weight is 240 g/mol. The van der Waals surface area contributed by atoms with Crippen LogP contribution in [0.2, 0.25) is 0 Å². The minimum atomic E-state index is 0.659. The van der Waals surface area contributed by atoms with Crippen molar-refractivity contribution in [3.8, 4) is 0 Å². The molecule has 1 aromatic heterocycles. The van der Waals surface area contributed by atoms with Crippen LogP contribution in [0.1, 0.15) is 5.69 Å². The fourth-order valence-electron chi connectivity index (χ4n) is 0.398. The van der Waals surface area contributed by atoms with Crippen molar-refractivity contribution in [1.29, 1.82) is 0 Å². The van der Waals surface area contributed by atoms with Gasteiger partial charge in [0, 0.05) is 0 Å². The molecule has 2 N–H and O–H groups in total. The summed E-state index contributed by atoms with van der Waals surface area (Å²) in [5.41, 5.74) is 6.42. The van der Waals surface area contributed by atoms with Crippen molar-refractivity contribution in [1.82, 2.24) is 4.98 Å². The molecule has 0 spiro atoms. The molecule has 0 bridgehead atoms. The van der Waals surface area contributed by atoms with Gasteiger partial charge < -0.3 is 5.73 Å². The van der Waals surface area contributed by atoms with E-state index in [1.807, 2.05) is 6.92 Å². The van der Waals surface area contributed by atoms with Crippen molar-refractivity contribution >= 4 is 39.1 Å². The monoisotopic (exact) mass is 240 g/mol. The van der Waals surface area contributed by atoms with Crippen molar-refractivity contribution in [3.63, 3.8) is 0 Å². The summed E-state index contributed by atoms with van der Waals surface area (Å²) in [4.78, 5) is 4.00. The van der Waals surface area contributed by atoms with E-state index in [9.17, 15) is 0 Å². The first kappa shape index (κ1) is 6.28. The zero-order valence-corrected chi connectivity index (χ0v) is 7.28. The van der Waals surface area contributed by atoms with E-state index in [-0.39, 0.29) is 0 Å². The fourth-order valence-corrected chi connectivity index (χ4v) is 1.75. The molecule has 0 radical (unpaired) electrons. The highest BCUT2D eigenvalue weighted by Gasteiger charge is 1.98. The molecular formula is C4H5IN2S. The Balaban J connectivity index is 3.14. The van der Waals surface area contributed by atoms with Crippen LogP contribution in [-0.4, -0.2) is 4.98 Å². The Kier molecular flexibility index (Phi) is 1.71. The standard InChI is InChI=1S/C4H5IN2S/c1-2-3(5)8-4(6)7-2/h1H3,(H2,6,7). The molecule has 0 saturated carbocycles. The van der Waals surface area contributed by atoms with Crippen LogP contribution in [-0.2, 0) is 0 Å². The van der Waals surface area contributed by atoms with Crippen LogP contribution in [0.25, 0.3) is 0 Å². The Morgan fingerprint density at radius 1 is 1.75 bits per heavy atom. The highest BCUT2D eigenvalue weighted by Crippen LogP contribution is 2.20. The number of hydrogen-bond acceptors (Lipinski definition) is 3. The van der Waals surface area contributed by atoms with E-state index in [1.54, 1.807) is 0 Å². The van der Waals surface area contributed by atoms with Gasteiger partial charge in [-0.3, -0.25) is 0 Å². The van der Waals surface area contributed by atoms with Crippen LogP contribution < -0.4 is 5.73 Å². The van der Waals surface area contributed by atoms with Crippen LogP contribution >= 0.6 is 33.9 Å². The topological polar surface area (TPSA) is 38.9 Å². The number of aromatic nitrogens is 1. The lowest BCUT2D eigenvalue weighted by Gasteiger charge is -1.75. The maximum Gasteiger partial charge on any atom is 0.181 e. The lowest BCUT2D eigenvalue weighted by molar-refractivity contribution is 1.26. The second kappa shape index (κ2) is 2.18. The number of hydrogen-bond donors (Lipinski definition) is 1. The first-order valence-electron chi connectivity index (χ1n) is 2.08. The molecular weight excluding hydrogens is 235 g/mol. The number of anilines is 1. The fraction of sp³-hybridized carbons (Fsp3) is 0.250. The van der Waals surface area contributed by atoms with Crippen LogP contribution in [0.3, 0.4) is 0 Å². The molecule has 0 atom stereocenters. The predicted molar refractivity (Wildman–Crippen MR) is 44.0 cm³/mol. The van der Waals surface area contributed by atoms with Crippen molar-refractivity contribution < 1.29 is 0 Å². The van der Waals surface area contributed by atoms with Gasteiger partial charge in [-0.15, -0.1) is 0 Å². The van der Waals surface area contributed by atoms with Crippen LogP contribution in [0.4, 0.5) is 5.13 Å². The summed E-state index contributed by atoms with van der Waals surface area (Å²) in [5.74, 6) is 0. The first-order chi connectivity index (χ1) is 3.70. The SMILES string of the molecule is Cc1nc(N)sc1I. The van der Waals surface area contributed by atoms with Gasteiger partial charge in [-0.2, -0.15) is 0 Å². The maximum atomic E-state index is 5.38. The summed E-state index contributed by atoms with van der Waals surface area (Å²) >= 11 is 3.74. The smallest absolute Gasteiger partial charge is 0.181 e. The van der Waals surface area contributed by atoms with Crippen LogP contribution in [0, 0.1) is 9.81 Å². The van der Waals surface area contributed by atoms with Crippen molar-refractivity contribution in [2.75, 3.05) is 5.73 Å². The largest absolute Gasteiger partial charge is 0.375 e. The molecule has 0 saturated heterocycles. The highest BCUT2D eigenvalue weighted by molar-refractivity contribution is 14.1. The summed E-state index contributed by atoms with van der Waals surface area (Å²) in [6.07, 6.45) is 0. The van der Waals surface area contributed by atoms with Gasteiger partial charge in [-0.1, -0.05) is 11.3 Å². The van der Waals surface area contributed by atoms with Crippen molar-refractivity contribution in [2.45, 2.75) is 6.92 Å².